The van der Waals surface area contributed by atoms with E-state index in [2.05, 4.69) is 136 Å². The Labute approximate surface area is 319 Å². The minimum absolute atomic E-state index is 0.416. The molecule has 0 bridgehead atoms. The summed E-state index contributed by atoms with van der Waals surface area (Å²) in [7, 11) is 1.39. The van der Waals surface area contributed by atoms with Gasteiger partial charge in [0.2, 0.25) is 0 Å². The van der Waals surface area contributed by atoms with E-state index in [-0.39, 0.29) is 0 Å². The van der Waals surface area contributed by atoms with E-state index in [4.69, 9.17) is 15.0 Å². The summed E-state index contributed by atoms with van der Waals surface area (Å²) >= 11 is 0. The maximum atomic E-state index is 12.8. The van der Waals surface area contributed by atoms with Crippen LogP contribution in [0.1, 0.15) is 46.0 Å². The van der Waals surface area contributed by atoms with E-state index in [1.807, 2.05) is 47.1 Å². The Bertz CT molecular complexity index is 2440. The second-order valence-electron chi connectivity index (χ2n) is 13.3. The zero-order chi connectivity index (χ0) is 37.6. The molecule has 55 heavy (non-hydrogen) atoms. The van der Waals surface area contributed by atoms with E-state index >= 15 is 0 Å². The average molecular weight is 722 g/mol. The quantitative estimate of drug-likeness (QED) is 0.0911. The number of fused-ring (bicyclic) bond motifs is 1. The highest BCUT2D eigenvalue weighted by Gasteiger charge is 2.42. The number of anilines is 1. The summed E-state index contributed by atoms with van der Waals surface area (Å²) in [5, 5.41) is 14.5. The molecule has 0 saturated heterocycles. The minimum Gasteiger partial charge on any atom is -0.465 e. The zero-order valence-corrected chi connectivity index (χ0v) is 30.7. The van der Waals surface area contributed by atoms with E-state index < -0.39 is 11.5 Å². The third-order valence-corrected chi connectivity index (χ3v) is 10.0. The fourth-order valence-electron chi connectivity index (χ4n) is 7.57. The average Bonchev–Trinajstić information content (AvgIpc) is 3.75. The molecule has 0 saturated carbocycles. The van der Waals surface area contributed by atoms with Crippen molar-refractivity contribution in [3.8, 4) is 22.5 Å². The Morgan fingerprint density at radius 1 is 0.691 bits per heavy atom. The largest absolute Gasteiger partial charge is 0.465 e. The van der Waals surface area contributed by atoms with Gasteiger partial charge in [-0.25, -0.2) is 19.4 Å². The lowest BCUT2D eigenvalue weighted by molar-refractivity contribution is 0.0603. The number of benzene rings is 6. The minimum atomic E-state index is -0.874. The van der Waals surface area contributed by atoms with Crippen LogP contribution >= 0.6 is 0 Å². The number of carbonyl (C=O) groups excluding carboxylic acids is 1. The Balaban J connectivity index is 1.20. The highest BCUT2D eigenvalue weighted by molar-refractivity contribution is 6.07. The molecule has 0 amide bonds. The molecule has 8 rings (SSSR count). The summed E-state index contributed by atoms with van der Waals surface area (Å²) < 4.78 is 7.09. The van der Waals surface area contributed by atoms with Gasteiger partial charge in [-0.05, 0) is 62.4 Å². The van der Waals surface area contributed by atoms with Crippen LogP contribution in [0.2, 0.25) is 0 Å². The van der Waals surface area contributed by atoms with Gasteiger partial charge in [0, 0.05) is 18.7 Å². The number of hydrogen-bond donors (Lipinski definition) is 0. The topological polar surface area (TPSA) is 98.9 Å². The lowest BCUT2D eigenvalue weighted by Gasteiger charge is -2.36. The van der Waals surface area contributed by atoms with Gasteiger partial charge in [-0.3, -0.25) is 0 Å². The van der Waals surface area contributed by atoms with Crippen LogP contribution in [0.15, 0.2) is 164 Å². The molecule has 0 spiro atoms. The molecular formula is C46H39N7O2. The van der Waals surface area contributed by atoms with Crippen molar-refractivity contribution in [2.45, 2.75) is 25.4 Å². The van der Waals surface area contributed by atoms with Crippen molar-refractivity contribution in [3.05, 3.63) is 192 Å². The zero-order valence-electron chi connectivity index (χ0n) is 30.7. The fraction of sp³-hybridized carbons (Fsp3) is 0.130. The monoisotopic (exact) mass is 721 g/mol. The van der Waals surface area contributed by atoms with Crippen molar-refractivity contribution >= 4 is 22.7 Å². The second-order valence-corrected chi connectivity index (χ2v) is 13.3. The smallest absolute Gasteiger partial charge is 0.338 e. The van der Waals surface area contributed by atoms with Crippen molar-refractivity contribution in [1.82, 2.24) is 30.2 Å². The number of hydrogen-bond acceptors (Lipinski definition) is 8. The Morgan fingerprint density at radius 3 is 1.89 bits per heavy atom. The highest BCUT2D eigenvalue weighted by atomic mass is 16.5. The van der Waals surface area contributed by atoms with Crippen LogP contribution in [-0.2, 0) is 16.8 Å². The summed E-state index contributed by atoms with van der Waals surface area (Å²) in [6, 6.07) is 53.6. The fourth-order valence-corrected chi connectivity index (χ4v) is 7.57. The predicted molar refractivity (Wildman–Crippen MR) is 216 cm³/mol. The van der Waals surface area contributed by atoms with Gasteiger partial charge >= 0.3 is 5.97 Å². The molecule has 9 nitrogen and oxygen atoms in total. The van der Waals surface area contributed by atoms with Crippen molar-refractivity contribution in [2.24, 2.45) is 0 Å². The number of carbonyl (C=O) groups is 1. The maximum Gasteiger partial charge on any atom is 0.338 e. The van der Waals surface area contributed by atoms with Gasteiger partial charge in [0.1, 0.15) is 17.7 Å². The number of tetrazole rings is 1. The molecule has 0 aliphatic carbocycles. The first-order valence-electron chi connectivity index (χ1n) is 18.3. The molecule has 0 atom stereocenters. The highest BCUT2D eigenvalue weighted by Crippen LogP contribution is 2.43. The SMILES string of the molecule is CCCN(Cc1ccc(-c2ccccc2-c2nnnn2C(c2ccccc2)(c2ccccc2)c2ccccc2)cc1)c1ncnc2cccc(C(=O)OC)c12. The summed E-state index contributed by atoms with van der Waals surface area (Å²) in [6.45, 7) is 3.46. The van der Waals surface area contributed by atoms with Gasteiger partial charge in [-0.1, -0.05) is 153 Å². The molecule has 270 valence electrons. The van der Waals surface area contributed by atoms with E-state index in [1.165, 1.54) is 7.11 Å². The van der Waals surface area contributed by atoms with E-state index in [1.54, 1.807) is 12.4 Å². The van der Waals surface area contributed by atoms with Gasteiger partial charge in [0.05, 0.1) is 23.6 Å². The number of ether oxygens (including phenoxy) is 1. The van der Waals surface area contributed by atoms with Crippen LogP contribution in [0.4, 0.5) is 5.82 Å². The van der Waals surface area contributed by atoms with Crippen molar-refractivity contribution in [1.29, 1.82) is 0 Å². The third kappa shape index (κ3) is 6.50. The molecule has 0 N–H and O–H groups in total. The Hall–Kier alpha value is -7.00. The van der Waals surface area contributed by atoms with Crippen LogP contribution in [0.25, 0.3) is 33.4 Å². The molecule has 9 heteroatoms. The number of nitrogens with zero attached hydrogens (tertiary/aromatic N) is 7. The van der Waals surface area contributed by atoms with Crippen LogP contribution in [-0.4, -0.2) is 49.8 Å². The summed E-state index contributed by atoms with van der Waals surface area (Å²) in [5.41, 5.74) is 7.41. The van der Waals surface area contributed by atoms with Gasteiger partial charge in [0.15, 0.2) is 5.82 Å². The van der Waals surface area contributed by atoms with Gasteiger partial charge in [-0.15, -0.1) is 5.10 Å². The van der Waals surface area contributed by atoms with Crippen LogP contribution < -0.4 is 4.90 Å². The third-order valence-electron chi connectivity index (χ3n) is 10.0. The lowest BCUT2D eigenvalue weighted by atomic mass is 9.77. The second kappa shape index (κ2) is 15.5. The Kier molecular flexibility index (Phi) is 9.90. The Morgan fingerprint density at radius 2 is 1.29 bits per heavy atom. The van der Waals surface area contributed by atoms with Gasteiger partial charge in [-0.2, -0.15) is 0 Å². The van der Waals surface area contributed by atoms with Crippen molar-refractivity contribution in [2.75, 3.05) is 18.6 Å². The first-order chi connectivity index (χ1) is 27.1. The van der Waals surface area contributed by atoms with E-state index in [0.717, 1.165) is 51.9 Å². The number of methoxy groups -OCH3 is 1. The summed E-state index contributed by atoms with van der Waals surface area (Å²) in [5.74, 6) is 0.927. The molecule has 8 aromatic rings. The molecule has 0 aliphatic rings. The number of esters is 1. The van der Waals surface area contributed by atoms with Gasteiger partial charge < -0.3 is 9.64 Å². The predicted octanol–water partition coefficient (Wildman–Crippen LogP) is 8.99. The molecular weight excluding hydrogens is 683 g/mol. The summed E-state index contributed by atoms with van der Waals surface area (Å²) in [4.78, 5) is 24.1. The molecule has 0 unspecified atom stereocenters. The normalized spacial score (nSPS) is 11.4. The van der Waals surface area contributed by atoms with Crippen LogP contribution in [0.3, 0.4) is 0 Å². The lowest BCUT2D eigenvalue weighted by Crippen LogP contribution is -2.39. The number of aromatic nitrogens is 6. The van der Waals surface area contributed by atoms with Gasteiger partial charge in [0.25, 0.3) is 0 Å². The van der Waals surface area contributed by atoms with Crippen molar-refractivity contribution in [3.63, 3.8) is 0 Å². The summed E-state index contributed by atoms with van der Waals surface area (Å²) in [6.07, 6.45) is 2.44. The van der Waals surface area contributed by atoms with E-state index in [0.29, 0.717) is 34.7 Å². The molecule has 0 fully saturated rings. The first kappa shape index (κ1) is 35.1. The molecule has 2 heterocycles. The standard InChI is InChI=1S/C46H39N7O2/c1-3-30-52(44-42-40(45(54)55-2)24-15-25-41(42)47-32-48-44)31-33-26-28-34(29-27-33)38-22-13-14-23-39(38)43-49-50-51-53(43)46(35-16-7-4-8-17-35,36-18-9-5-10-19-36)37-20-11-6-12-21-37/h4-29,32H,3,30-31H2,1-2H3. The molecule has 0 radical (unpaired) electrons. The van der Waals surface area contributed by atoms with Crippen LogP contribution in [0, 0.1) is 0 Å². The maximum absolute atomic E-state index is 12.8. The molecule has 0 aliphatic heterocycles. The number of rotatable bonds is 12. The van der Waals surface area contributed by atoms with Crippen molar-refractivity contribution < 1.29 is 9.53 Å². The van der Waals surface area contributed by atoms with Crippen LogP contribution in [0.5, 0.6) is 0 Å². The molecule has 2 aromatic heterocycles. The molecule has 6 aromatic carbocycles. The van der Waals surface area contributed by atoms with E-state index in [9.17, 15) is 4.79 Å². The first-order valence-corrected chi connectivity index (χ1v) is 18.3.